The van der Waals surface area contributed by atoms with Crippen LogP contribution in [0.2, 0.25) is 0 Å². The van der Waals surface area contributed by atoms with Crippen molar-refractivity contribution in [1.29, 1.82) is 0 Å². The molecule has 4 rings (SSSR count). The lowest BCUT2D eigenvalue weighted by Crippen LogP contribution is -2.45. The first kappa shape index (κ1) is 19.9. The molecule has 2 aliphatic heterocycles. The Balaban J connectivity index is 1.73. The van der Waals surface area contributed by atoms with E-state index in [1.807, 2.05) is 44.2 Å². The lowest BCUT2D eigenvalue weighted by atomic mass is 9.85. The molecule has 0 saturated carbocycles. The fourth-order valence-corrected chi connectivity index (χ4v) is 4.97. The Morgan fingerprint density at radius 3 is 2.66 bits per heavy atom. The molecule has 0 saturated heterocycles. The highest BCUT2D eigenvalue weighted by Gasteiger charge is 2.54. The molecule has 0 radical (unpaired) electrons. The zero-order valence-electron chi connectivity index (χ0n) is 16.6. The molecule has 2 aliphatic rings. The molecular weight excluding hydrogens is 434 g/mol. The molecule has 0 bridgehead atoms. The van der Waals surface area contributed by atoms with Gasteiger partial charge in [-0.1, -0.05) is 45.8 Å². The van der Waals surface area contributed by atoms with Crippen molar-refractivity contribution in [2.45, 2.75) is 38.5 Å². The lowest BCUT2D eigenvalue weighted by molar-refractivity contribution is -0.150. The summed E-state index contributed by atoms with van der Waals surface area (Å²) in [6, 6.07) is 12.9. The lowest BCUT2D eigenvalue weighted by Gasteiger charge is -2.35. The number of hydrogen-bond acceptors (Lipinski definition) is 4. The van der Waals surface area contributed by atoms with Gasteiger partial charge in [-0.15, -0.1) is 0 Å². The number of methoxy groups -OCH3 is 1. The zero-order chi connectivity index (χ0) is 20.8. The van der Waals surface area contributed by atoms with Crippen molar-refractivity contribution < 1.29 is 19.1 Å². The Kier molecular flexibility index (Phi) is 5.09. The molecule has 2 atom stereocenters. The topological polar surface area (TPSA) is 55.8 Å². The Morgan fingerprint density at radius 1 is 1.28 bits per heavy atom. The fourth-order valence-electron chi connectivity index (χ4n) is 4.29. The molecule has 0 aromatic heterocycles. The van der Waals surface area contributed by atoms with Crippen LogP contribution in [0.25, 0.3) is 0 Å². The fraction of sp³-hybridized carbons (Fsp3) is 0.304. The van der Waals surface area contributed by atoms with Crippen LogP contribution < -0.4 is 4.90 Å². The van der Waals surface area contributed by atoms with Gasteiger partial charge in [0.1, 0.15) is 0 Å². The summed E-state index contributed by atoms with van der Waals surface area (Å²) < 4.78 is 11.9. The highest BCUT2D eigenvalue weighted by molar-refractivity contribution is 9.10. The minimum Gasteiger partial charge on any atom is -0.465 e. The highest BCUT2D eigenvalue weighted by Crippen LogP contribution is 2.51. The van der Waals surface area contributed by atoms with Crippen molar-refractivity contribution in [3.63, 3.8) is 0 Å². The third kappa shape index (κ3) is 3.30. The van der Waals surface area contributed by atoms with Crippen LogP contribution in [-0.2, 0) is 26.4 Å². The van der Waals surface area contributed by atoms with Crippen LogP contribution in [0, 0.1) is 0 Å². The van der Waals surface area contributed by atoms with E-state index in [1.165, 1.54) is 7.11 Å². The molecule has 0 aliphatic carbocycles. The van der Waals surface area contributed by atoms with E-state index in [0.717, 1.165) is 26.9 Å². The molecule has 1 spiro atoms. The van der Waals surface area contributed by atoms with Gasteiger partial charge in [0.2, 0.25) is 0 Å². The predicted octanol–water partition coefficient (Wildman–Crippen LogP) is 4.73. The zero-order valence-corrected chi connectivity index (χ0v) is 18.2. The van der Waals surface area contributed by atoms with Crippen LogP contribution in [0.1, 0.15) is 41.8 Å². The van der Waals surface area contributed by atoms with Crippen LogP contribution in [0.15, 0.2) is 58.6 Å². The maximum Gasteiger partial charge on any atom is 0.337 e. The average molecular weight is 456 g/mol. The molecule has 29 heavy (non-hydrogen) atoms. The smallest absolute Gasteiger partial charge is 0.337 e. The average Bonchev–Trinajstić information content (AvgIpc) is 2.90. The Labute approximate surface area is 178 Å². The van der Waals surface area contributed by atoms with Crippen LogP contribution in [0.4, 0.5) is 5.69 Å². The highest BCUT2D eigenvalue weighted by atomic mass is 79.9. The van der Waals surface area contributed by atoms with Gasteiger partial charge in [0.05, 0.1) is 31.0 Å². The molecule has 0 N–H and O–H groups in total. The minimum absolute atomic E-state index is 0.0595. The second-order valence-electron chi connectivity index (χ2n) is 7.55. The maximum absolute atomic E-state index is 13.7. The van der Waals surface area contributed by atoms with E-state index < -0.39 is 5.60 Å². The van der Waals surface area contributed by atoms with E-state index in [2.05, 4.69) is 22.0 Å². The van der Waals surface area contributed by atoms with Gasteiger partial charge in [-0.05, 0) is 43.7 Å². The van der Waals surface area contributed by atoms with Gasteiger partial charge in [-0.25, -0.2) is 4.79 Å². The van der Waals surface area contributed by atoms with Gasteiger partial charge < -0.3 is 14.4 Å². The molecule has 1 amide bonds. The Hall–Kier alpha value is -2.44. The van der Waals surface area contributed by atoms with E-state index in [9.17, 15) is 9.59 Å². The van der Waals surface area contributed by atoms with Gasteiger partial charge in [0, 0.05) is 16.5 Å². The van der Waals surface area contributed by atoms with E-state index in [-0.39, 0.29) is 18.0 Å². The Bertz CT molecular complexity index is 1010. The number of benzene rings is 2. The number of anilines is 1. The maximum atomic E-state index is 13.7. The standard InChI is InChI=1S/C23H22BrNO4/c1-14-11-15(2)29-23(12-14)20-18(24)5-4-6-19(20)25(22(23)27)13-16-7-9-17(10-8-16)21(26)28-3/h4-11,15H,12-13H2,1-3H3. The van der Waals surface area contributed by atoms with Gasteiger partial charge >= 0.3 is 5.97 Å². The number of rotatable bonds is 3. The molecule has 2 heterocycles. The van der Waals surface area contributed by atoms with Crippen molar-refractivity contribution in [1.82, 2.24) is 0 Å². The summed E-state index contributed by atoms with van der Waals surface area (Å²) in [6.07, 6.45) is 2.44. The summed E-state index contributed by atoms with van der Waals surface area (Å²) in [5.74, 6) is -0.440. The first-order chi connectivity index (χ1) is 13.9. The summed E-state index contributed by atoms with van der Waals surface area (Å²) in [4.78, 5) is 27.1. The van der Waals surface area contributed by atoms with E-state index in [1.54, 1.807) is 17.0 Å². The second kappa shape index (κ2) is 7.43. The Morgan fingerprint density at radius 2 is 2.00 bits per heavy atom. The second-order valence-corrected chi connectivity index (χ2v) is 8.41. The number of halogens is 1. The monoisotopic (exact) mass is 455 g/mol. The van der Waals surface area contributed by atoms with Crippen LogP contribution >= 0.6 is 15.9 Å². The van der Waals surface area contributed by atoms with E-state index in [4.69, 9.17) is 9.47 Å². The summed E-state index contributed by atoms with van der Waals surface area (Å²) in [6.45, 7) is 4.40. The van der Waals surface area contributed by atoms with E-state index >= 15 is 0 Å². The van der Waals surface area contributed by atoms with Gasteiger partial charge in [0.25, 0.3) is 5.91 Å². The van der Waals surface area contributed by atoms with Crippen molar-refractivity contribution in [3.05, 3.63) is 75.3 Å². The number of amides is 1. The van der Waals surface area contributed by atoms with Crippen LogP contribution in [-0.4, -0.2) is 25.1 Å². The molecule has 0 fully saturated rings. The molecule has 5 nitrogen and oxygen atoms in total. The summed E-state index contributed by atoms with van der Waals surface area (Å²) in [5.41, 5.74) is 3.26. The van der Waals surface area contributed by atoms with Gasteiger partial charge in [-0.3, -0.25) is 4.79 Å². The number of fused-ring (bicyclic) bond motifs is 2. The number of nitrogens with zero attached hydrogens (tertiary/aromatic N) is 1. The van der Waals surface area contributed by atoms with Gasteiger partial charge in [-0.2, -0.15) is 0 Å². The summed E-state index contributed by atoms with van der Waals surface area (Å²) in [5, 5.41) is 0. The largest absolute Gasteiger partial charge is 0.465 e. The van der Waals surface area contributed by atoms with Crippen molar-refractivity contribution in [2.75, 3.05) is 12.0 Å². The number of esters is 1. The minimum atomic E-state index is -1.01. The van der Waals surface area contributed by atoms with Crippen molar-refractivity contribution in [3.8, 4) is 0 Å². The summed E-state index contributed by atoms with van der Waals surface area (Å²) in [7, 11) is 1.36. The number of ether oxygens (including phenoxy) is 2. The van der Waals surface area contributed by atoms with Crippen molar-refractivity contribution in [2.24, 2.45) is 0 Å². The molecular formula is C23H22BrNO4. The van der Waals surface area contributed by atoms with Gasteiger partial charge in [0.15, 0.2) is 5.60 Å². The number of carbonyl (C=O) groups excluding carboxylic acids is 2. The van der Waals surface area contributed by atoms with Crippen LogP contribution in [0.5, 0.6) is 0 Å². The SMILES string of the molecule is COC(=O)c1ccc(CN2C(=O)C3(CC(C)=CC(C)O3)c3c(Br)cccc32)cc1. The predicted molar refractivity (Wildman–Crippen MR) is 114 cm³/mol. The number of hydrogen-bond donors (Lipinski definition) is 0. The molecule has 2 unspecified atom stereocenters. The number of carbonyl (C=O) groups is 2. The normalized spacial score (nSPS) is 23.2. The van der Waals surface area contributed by atoms with Crippen LogP contribution in [0.3, 0.4) is 0 Å². The molecule has 2 aromatic carbocycles. The molecule has 2 aromatic rings. The third-order valence-corrected chi connectivity index (χ3v) is 6.09. The van der Waals surface area contributed by atoms with E-state index in [0.29, 0.717) is 18.5 Å². The quantitative estimate of drug-likeness (QED) is 0.495. The first-order valence-electron chi connectivity index (χ1n) is 9.49. The van der Waals surface area contributed by atoms with Crippen molar-refractivity contribution >= 4 is 33.5 Å². The third-order valence-electron chi connectivity index (χ3n) is 5.43. The summed E-state index contributed by atoms with van der Waals surface area (Å²) >= 11 is 3.64. The first-order valence-corrected chi connectivity index (χ1v) is 10.3. The molecule has 6 heteroatoms. The molecule has 150 valence electrons.